The molecule has 0 aliphatic heterocycles. The number of aromatic nitrogens is 3. The van der Waals surface area contributed by atoms with E-state index >= 15 is 0 Å². The molecule has 3 atom stereocenters. The van der Waals surface area contributed by atoms with Crippen molar-refractivity contribution in [2.24, 2.45) is 17.9 Å². The second-order valence-corrected chi connectivity index (χ2v) is 11.0. The quantitative estimate of drug-likeness (QED) is 0.581. The summed E-state index contributed by atoms with van der Waals surface area (Å²) in [4.78, 5) is 14.1. The minimum absolute atomic E-state index is 0.114. The van der Waals surface area contributed by atoms with Gasteiger partial charge in [-0.3, -0.25) is 4.79 Å². The molecule has 0 saturated heterocycles. The number of nitrogens with zero attached hydrogens (tertiary/aromatic N) is 4. The molecule has 2 bridgehead atoms. The van der Waals surface area contributed by atoms with E-state index in [9.17, 15) is 14.3 Å². The molecule has 5 rings (SSSR count). The molecule has 2 aliphatic rings. The SMILES string of the molecule is CN(c1ccc(-c2cc(F)c(-c3ccn(C)c(=O)c3)cc2O)nn1)[C@H]1C[C@]2(C)CC[C@](C)(C1)C2. The molecule has 0 unspecified atom stereocenters. The van der Waals surface area contributed by atoms with E-state index in [1.54, 1.807) is 25.4 Å². The molecule has 0 radical (unpaired) electrons. The largest absolute Gasteiger partial charge is 0.507 e. The zero-order valence-corrected chi connectivity index (χ0v) is 20.2. The van der Waals surface area contributed by atoms with Gasteiger partial charge in [-0.05, 0) is 78.8 Å². The molecule has 2 saturated carbocycles. The number of hydrogen-bond acceptors (Lipinski definition) is 5. The second-order valence-electron chi connectivity index (χ2n) is 11.0. The van der Waals surface area contributed by atoms with Crippen LogP contribution in [0.1, 0.15) is 46.0 Å². The van der Waals surface area contributed by atoms with Crippen LogP contribution < -0.4 is 10.5 Å². The number of hydrogen-bond donors (Lipinski definition) is 1. The first-order valence-electron chi connectivity index (χ1n) is 11.8. The van der Waals surface area contributed by atoms with Crippen LogP contribution in [-0.2, 0) is 7.05 Å². The molecule has 3 aromatic rings. The summed E-state index contributed by atoms with van der Waals surface area (Å²) in [6, 6.07) is 9.63. The van der Waals surface area contributed by atoms with Gasteiger partial charge in [0.25, 0.3) is 5.56 Å². The highest BCUT2D eigenvalue weighted by Gasteiger charge is 2.50. The number of aryl methyl sites for hydroxylation is 1. The number of benzene rings is 1. The van der Waals surface area contributed by atoms with Gasteiger partial charge in [0.2, 0.25) is 0 Å². The molecule has 6 nitrogen and oxygen atoms in total. The van der Waals surface area contributed by atoms with Crippen molar-refractivity contribution in [3.63, 3.8) is 0 Å². The van der Waals surface area contributed by atoms with Crippen molar-refractivity contribution in [3.8, 4) is 28.1 Å². The van der Waals surface area contributed by atoms with Crippen molar-refractivity contribution in [1.82, 2.24) is 14.8 Å². The third-order valence-electron chi connectivity index (χ3n) is 7.98. The number of phenols is 1. The standard InChI is InChI=1S/C27H31FN4O2/c1-26-8-9-27(2,16-26)15-18(14-26)32(4)24-6-5-22(29-30-24)20-12-21(28)19(13-23(20)33)17-7-10-31(3)25(34)11-17/h5-7,10-13,18,33H,8-9,14-16H2,1-4H3/t18-,26-,27+. The number of halogens is 1. The topological polar surface area (TPSA) is 71.2 Å². The predicted octanol–water partition coefficient (Wildman–Crippen LogP) is 5.15. The lowest BCUT2D eigenvalue weighted by Gasteiger charge is -2.44. The molecule has 34 heavy (non-hydrogen) atoms. The molecule has 0 amide bonds. The summed E-state index contributed by atoms with van der Waals surface area (Å²) in [5.41, 5.74) is 1.78. The van der Waals surface area contributed by atoms with Gasteiger partial charge in [0.15, 0.2) is 5.82 Å². The first-order chi connectivity index (χ1) is 16.1. The van der Waals surface area contributed by atoms with Crippen LogP contribution in [0.2, 0.25) is 0 Å². The molecular weight excluding hydrogens is 431 g/mol. The van der Waals surface area contributed by atoms with Gasteiger partial charge in [0.05, 0.1) is 5.69 Å². The molecular formula is C27H31FN4O2. The van der Waals surface area contributed by atoms with Gasteiger partial charge >= 0.3 is 0 Å². The number of phenolic OH excluding ortho intramolecular Hbond substituents is 1. The maximum atomic E-state index is 15.0. The van der Waals surface area contributed by atoms with E-state index in [2.05, 4.69) is 36.0 Å². The van der Waals surface area contributed by atoms with Crippen LogP contribution in [-0.4, -0.2) is 33.0 Å². The molecule has 7 heteroatoms. The maximum Gasteiger partial charge on any atom is 0.250 e. The van der Waals surface area contributed by atoms with Crippen LogP contribution in [0.15, 0.2) is 47.4 Å². The second kappa shape index (κ2) is 7.93. The Hall–Kier alpha value is -3.22. The van der Waals surface area contributed by atoms with E-state index in [4.69, 9.17) is 0 Å². The average Bonchev–Trinajstić information content (AvgIpc) is 3.03. The van der Waals surface area contributed by atoms with Crippen LogP contribution in [0.3, 0.4) is 0 Å². The minimum atomic E-state index is -0.539. The third-order valence-corrected chi connectivity index (χ3v) is 7.98. The van der Waals surface area contributed by atoms with Crippen molar-refractivity contribution in [3.05, 3.63) is 58.8 Å². The fourth-order valence-electron chi connectivity index (χ4n) is 6.19. The molecule has 2 fully saturated rings. The summed E-state index contributed by atoms with van der Waals surface area (Å²) in [6.45, 7) is 4.81. The molecule has 1 aromatic carbocycles. The Morgan fingerprint density at radius 1 is 1.06 bits per heavy atom. The lowest BCUT2D eigenvalue weighted by molar-refractivity contribution is 0.148. The highest BCUT2D eigenvalue weighted by Crippen LogP contribution is 2.58. The highest BCUT2D eigenvalue weighted by molar-refractivity contribution is 5.74. The van der Waals surface area contributed by atoms with Crippen LogP contribution in [0.5, 0.6) is 5.75 Å². The van der Waals surface area contributed by atoms with Gasteiger partial charge < -0.3 is 14.6 Å². The summed E-state index contributed by atoms with van der Waals surface area (Å²) in [5, 5.41) is 19.4. The van der Waals surface area contributed by atoms with E-state index in [-0.39, 0.29) is 22.4 Å². The molecule has 1 N–H and O–H groups in total. The summed E-state index contributed by atoms with van der Waals surface area (Å²) >= 11 is 0. The van der Waals surface area contributed by atoms with E-state index in [0.717, 1.165) is 18.7 Å². The smallest absolute Gasteiger partial charge is 0.250 e. The van der Waals surface area contributed by atoms with Crippen molar-refractivity contribution in [1.29, 1.82) is 0 Å². The number of fused-ring (bicyclic) bond motifs is 2. The Morgan fingerprint density at radius 3 is 2.38 bits per heavy atom. The lowest BCUT2D eigenvalue weighted by atomic mass is 9.68. The monoisotopic (exact) mass is 462 g/mol. The van der Waals surface area contributed by atoms with Gasteiger partial charge in [-0.15, -0.1) is 10.2 Å². The Bertz CT molecular complexity index is 1290. The van der Waals surface area contributed by atoms with Crippen molar-refractivity contribution in [2.75, 3.05) is 11.9 Å². The summed E-state index contributed by atoms with van der Waals surface area (Å²) < 4.78 is 16.4. The Morgan fingerprint density at radius 2 is 1.76 bits per heavy atom. The minimum Gasteiger partial charge on any atom is -0.507 e. The fraction of sp³-hybridized carbons (Fsp3) is 0.444. The normalized spacial score (nSPS) is 26.0. The van der Waals surface area contributed by atoms with Crippen molar-refractivity contribution < 1.29 is 9.50 Å². The molecule has 2 aromatic heterocycles. The van der Waals surface area contributed by atoms with E-state index in [1.165, 1.54) is 42.0 Å². The van der Waals surface area contributed by atoms with E-state index in [0.29, 0.717) is 28.1 Å². The first-order valence-corrected chi connectivity index (χ1v) is 11.8. The van der Waals surface area contributed by atoms with Gasteiger partial charge in [-0.2, -0.15) is 0 Å². The Kier molecular flexibility index (Phi) is 5.26. The van der Waals surface area contributed by atoms with Gasteiger partial charge in [0, 0.05) is 43.5 Å². The molecule has 178 valence electrons. The first kappa shape index (κ1) is 22.6. The maximum absolute atomic E-state index is 15.0. The van der Waals surface area contributed by atoms with Gasteiger partial charge in [-0.1, -0.05) is 13.8 Å². The number of anilines is 1. The summed E-state index contributed by atoms with van der Waals surface area (Å²) in [7, 11) is 3.70. The summed E-state index contributed by atoms with van der Waals surface area (Å²) in [5.74, 6) is 0.124. The fourth-order valence-corrected chi connectivity index (χ4v) is 6.19. The number of rotatable bonds is 4. The van der Waals surface area contributed by atoms with Gasteiger partial charge in [-0.25, -0.2) is 4.39 Å². The number of aromatic hydroxyl groups is 1. The lowest BCUT2D eigenvalue weighted by Crippen LogP contribution is -2.42. The number of pyridine rings is 1. The van der Waals surface area contributed by atoms with E-state index in [1.807, 2.05) is 6.07 Å². The predicted molar refractivity (Wildman–Crippen MR) is 131 cm³/mol. The van der Waals surface area contributed by atoms with E-state index < -0.39 is 5.82 Å². The summed E-state index contributed by atoms with van der Waals surface area (Å²) in [6.07, 6.45) is 7.75. The van der Waals surface area contributed by atoms with Crippen LogP contribution in [0, 0.1) is 16.6 Å². The van der Waals surface area contributed by atoms with Gasteiger partial charge in [0.1, 0.15) is 11.6 Å². The van der Waals surface area contributed by atoms with Crippen LogP contribution in [0.4, 0.5) is 10.2 Å². The van der Waals surface area contributed by atoms with Crippen molar-refractivity contribution in [2.45, 2.75) is 52.0 Å². The zero-order chi connectivity index (χ0) is 24.3. The molecule has 2 aliphatic carbocycles. The van der Waals surface area contributed by atoms with Crippen molar-refractivity contribution >= 4 is 5.82 Å². The third kappa shape index (κ3) is 3.97. The Balaban J connectivity index is 1.40. The molecule has 2 heterocycles. The average molecular weight is 463 g/mol. The molecule has 0 spiro atoms. The van der Waals surface area contributed by atoms with Crippen LogP contribution >= 0.6 is 0 Å². The Labute approximate surface area is 199 Å². The van der Waals surface area contributed by atoms with Crippen LogP contribution in [0.25, 0.3) is 22.4 Å². The zero-order valence-electron chi connectivity index (χ0n) is 20.2. The highest BCUT2D eigenvalue weighted by atomic mass is 19.1.